The van der Waals surface area contributed by atoms with Crippen molar-refractivity contribution in [2.45, 2.75) is 13.5 Å². The zero-order valence-corrected chi connectivity index (χ0v) is 19.1. The van der Waals surface area contributed by atoms with Crippen molar-refractivity contribution < 1.29 is 28.9 Å². The molecule has 3 N–H and O–H groups in total. The molecule has 0 saturated carbocycles. The highest BCUT2D eigenvalue weighted by atomic mass is 32.1. The Labute approximate surface area is 191 Å². The number of carboxylic acids is 1. The number of ether oxygens (including phenoxy) is 1. The van der Waals surface area contributed by atoms with Gasteiger partial charge in [-0.15, -0.1) is 22.7 Å². The van der Waals surface area contributed by atoms with E-state index in [1.54, 1.807) is 12.3 Å². The summed E-state index contributed by atoms with van der Waals surface area (Å²) in [5.74, 6) is -2.75. The molecule has 12 heteroatoms. The molecule has 32 heavy (non-hydrogen) atoms. The molecule has 9 nitrogen and oxygen atoms in total. The molecule has 0 aliphatic carbocycles. The summed E-state index contributed by atoms with van der Waals surface area (Å²) in [5, 5.41) is 24.2. The number of halogens is 1. The highest BCUT2D eigenvalue weighted by molar-refractivity contribution is 7.16. The average Bonchev–Trinajstić information content (AvgIpc) is 3.34. The highest BCUT2D eigenvalue weighted by Gasteiger charge is 2.19. The van der Waals surface area contributed by atoms with Crippen molar-refractivity contribution in [3.63, 3.8) is 0 Å². The first-order valence-electron chi connectivity index (χ1n) is 9.39. The first kappa shape index (κ1) is 23.6. The summed E-state index contributed by atoms with van der Waals surface area (Å²) in [6, 6.07) is 1.83. The van der Waals surface area contributed by atoms with Crippen LogP contribution in [-0.2, 0) is 11.3 Å². The molecule has 0 unspecified atom stereocenters. The molecule has 0 fully saturated rings. The molecular weight excluding hydrogens is 459 g/mol. The minimum absolute atomic E-state index is 0.00766. The maximum absolute atomic E-state index is 14.4. The van der Waals surface area contributed by atoms with Gasteiger partial charge in [0, 0.05) is 17.5 Å². The van der Waals surface area contributed by atoms with Crippen LogP contribution in [0.2, 0.25) is 0 Å². The first-order chi connectivity index (χ1) is 15.2. The van der Waals surface area contributed by atoms with Gasteiger partial charge in [0.15, 0.2) is 0 Å². The van der Waals surface area contributed by atoms with Gasteiger partial charge in [-0.2, -0.15) is 0 Å². The standard InChI is InChI=1S/C20H21FN4O5S2/c1-10-17(32-16(23-10)8-22-20(29)30-5-4-25(2)3)14-9-31-18(24-14)11-7-15(26)12(19(27)28)6-13(11)21/h6-7,9,26H,4-5,8H2,1-3H3,(H,22,29)(H,27,28). The van der Waals surface area contributed by atoms with Crippen molar-refractivity contribution >= 4 is 34.7 Å². The molecule has 2 aromatic heterocycles. The fraction of sp³-hybridized carbons (Fsp3) is 0.300. The smallest absolute Gasteiger partial charge is 0.407 e. The van der Waals surface area contributed by atoms with Gasteiger partial charge in [-0.1, -0.05) is 0 Å². The predicted molar refractivity (Wildman–Crippen MR) is 119 cm³/mol. The number of nitrogens with one attached hydrogen (secondary N) is 1. The molecule has 0 bridgehead atoms. The topological polar surface area (TPSA) is 125 Å². The van der Waals surface area contributed by atoms with Crippen LogP contribution in [0.5, 0.6) is 5.75 Å². The second-order valence-electron chi connectivity index (χ2n) is 7.01. The Hall–Kier alpha value is -3.09. The van der Waals surface area contributed by atoms with E-state index >= 15 is 0 Å². The molecule has 2 heterocycles. The number of aromatic hydroxyl groups is 1. The van der Waals surface area contributed by atoms with Crippen LogP contribution in [0.25, 0.3) is 21.1 Å². The lowest BCUT2D eigenvalue weighted by atomic mass is 10.1. The lowest BCUT2D eigenvalue weighted by molar-refractivity contribution is 0.0693. The van der Waals surface area contributed by atoms with E-state index in [1.807, 2.05) is 19.0 Å². The number of carboxylic acid groups (broad SMARTS) is 1. The summed E-state index contributed by atoms with van der Waals surface area (Å²) in [7, 11) is 3.76. The van der Waals surface area contributed by atoms with Gasteiger partial charge < -0.3 is 25.2 Å². The summed E-state index contributed by atoms with van der Waals surface area (Å²) in [6.45, 7) is 2.90. The largest absolute Gasteiger partial charge is 0.507 e. The van der Waals surface area contributed by atoms with E-state index in [-0.39, 0.29) is 18.7 Å². The Bertz CT molecular complexity index is 1150. The van der Waals surface area contributed by atoms with Crippen LogP contribution in [-0.4, -0.2) is 64.4 Å². The van der Waals surface area contributed by atoms with E-state index in [0.29, 0.717) is 27.9 Å². The van der Waals surface area contributed by atoms with E-state index in [4.69, 9.17) is 9.84 Å². The predicted octanol–water partition coefficient (Wildman–Crippen LogP) is 3.57. The Morgan fingerprint density at radius 3 is 2.72 bits per heavy atom. The second-order valence-corrected chi connectivity index (χ2v) is 8.95. The number of carbonyl (C=O) groups is 2. The number of nitrogens with zero attached hydrogens (tertiary/aromatic N) is 3. The monoisotopic (exact) mass is 480 g/mol. The van der Waals surface area contributed by atoms with Crippen LogP contribution in [0.3, 0.4) is 0 Å². The van der Waals surface area contributed by atoms with Crippen LogP contribution in [0.15, 0.2) is 17.5 Å². The number of likely N-dealkylation sites (N-methyl/N-ethyl adjacent to an activating group) is 1. The number of thiazole rings is 2. The van der Waals surface area contributed by atoms with Crippen molar-refractivity contribution in [2.24, 2.45) is 0 Å². The van der Waals surface area contributed by atoms with Gasteiger partial charge in [-0.3, -0.25) is 0 Å². The molecule has 3 aromatic rings. The maximum atomic E-state index is 14.4. The van der Waals surface area contributed by atoms with Crippen LogP contribution in [0.4, 0.5) is 9.18 Å². The number of carbonyl (C=O) groups excluding carboxylic acids is 1. The molecule has 0 spiro atoms. The normalized spacial score (nSPS) is 11.0. The third kappa shape index (κ3) is 5.58. The van der Waals surface area contributed by atoms with E-state index in [9.17, 15) is 19.1 Å². The fourth-order valence-electron chi connectivity index (χ4n) is 2.68. The molecule has 0 radical (unpaired) electrons. The number of aromatic nitrogens is 2. The van der Waals surface area contributed by atoms with Crippen molar-refractivity contribution in [1.29, 1.82) is 0 Å². The van der Waals surface area contributed by atoms with Gasteiger partial charge in [0.25, 0.3) is 0 Å². The number of rotatable bonds is 8. The van der Waals surface area contributed by atoms with E-state index in [1.165, 1.54) is 11.3 Å². The second kappa shape index (κ2) is 10.0. The van der Waals surface area contributed by atoms with Crippen LogP contribution in [0, 0.1) is 12.7 Å². The molecule has 3 rings (SSSR count). The van der Waals surface area contributed by atoms with E-state index in [0.717, 1.165) is 28.3 Å². The SMILES string of the molecule is Cc1nc(CNC(=O)OCCN(C)C)sc1-c1csc(-c2cc(O)c(C(=O)O)cc2F)n1. The summed E-state index contributed by atoms with van der Waals surface area (Å²) < 4.78 is 19.5. The lowest BCUT2D eigenvalue weighted by Gasteiger charge is -2.10. The molecule has 0 aliphatic rings. The summed E-state index contributed by atoms with van der Waals surface area (Å²) in [4.78, 5) is 34.3. The number of alkyl carbamates (subject to hydrolysis) is 1. The quantitative estimate of drug-likeness (QED) is 0.447. The number of hydrogen-bond acceptors (Lipinski definition) is 9. The van der Waals surface area contributed by atoms with Crippen LogP contribution >= 0.6 is 22.7 Å². The summed E-state index contributed by atoms with van der Waals surface area (Å²) in [5.41, 5.74) is 0.766. The summed E-state index contributed by atoms with van der Waals surface area (Å²) in [6.07, 6.45) is -0.530. The highest BCUT2D eigenvalue weighted by Crippen LogP contribution is 2.36. The zero-order chi connectivity index (χ0) is 23.4. The van der Waals surface area contributed by atoms with E-state index < -0.39 is 29.2 Å². The van der Waals surface area contributed by atoms with Crippen molar-refractivity contribution in [3.05, 3.63) is 39.6 Å². The van der Waals surface area contributed by atoms with Gasteiger partial charge >= 0.3 is 12.1 Å². The third-order valence-electron chi connectivity index (χ3n) is 4.28. The minimum atomic E-state index is -1.42. The van der Waals surface area contributed by atoms with Crippen molar-refractivity contribution in [1.82, 2.24) is 20.2 Å². The number of amides is 1. The number of aryl methyl sites for hydroxylation is 1. The number of benzene rings is 1. The van der Waals surface area contributed by atoms with E-state index in [2.05, 4.69) is 15.3 Å². The van der Waals surface area contributed by atoms with Gasteiger partial charge in [0.05, 0.1) is 22.8 Å². The number of aromatic carboxylic acids is 1. The molecule has 0 atom stereocenters. The Kier molecular flexibility index (Phi) is 7.38. The fourth-order valence-corrected chi connectivity index (χ4v) is 4.55. The Balaban J connectivity index is 1.72. The van der Waals surface area contributed by atoms with Crippen LogP contribution < -0.4 is 5.32 Å². The van der Waals surface area contributed by atoms with Gasteiger partial charge in [0.1, 0.15) is 33.8 Å². The Morgan fingerprint density at radius 2 is 2.03 bits per heavy atom. The molecule has 0 aliphatic heterocycles. The molecule has 1 aromatic carbocycles. The van der Waals surface area contributed by atoms with Gasteiger partial charge in [-0.05, 0) is 33.2 Å². The average molecular weight is 481 g/mol. The minimum Gasteiger partial charge on any atom is -0.507 e. The first-order valence-corrected chi connectivity index (χ1v) is 11.1. The van der Waals surface area contributed by atoms with Gasteiger partial charge in [-0.25, -0.2) is 23.9 Å². The summed E-state index contributed by atoms with van der Waals surface area (Å²) >= 11 is 2.50. The number of phenols is 1. The zero-order valence-electron chi connectivity index (χ0n) is 17.5. The van der Waals surface area contributed by atoms with Crippen molar-refractivity contribution in [2.75, 3.05) is 27.2 Å². The molecule has 0 saturated heterocycles. The van der Waals surface area contributed by atoms with Crippen LogP contribution in [0.1, 0.15) is 21.1 Å². The lowest BCUT2D eigenvalue weighted by Crippen LogP contribution is -2.27. The molecule has 170 valence electrons. The molecular formula is C20H21FN4O5S2. The van der Waals surface area contributed by atoms with Gasteiger partial charge in [0.2, 0.25) is 0 Å². The number of hydrogen-bond donors (Lipinski definition) is 3. The maximum Gasteiger partial charge on any atom is 0.407 e. The molecule has 1 amide bonds. The van der Waals surface area contributed by atoms with Crippen molar-refractivity contribution in [3.8, 4) is 26.9 Å². The third-order valence-corrected chi connectivity index (χ3v) is 6.34. The Morgan fingerprint density at radius 1 is 1.28 bits per heavy atom.